The van der Waals surface area contributed by atoms with Crippen LogP contribution in [0.25, 0.3) is 0 Å². The number of carbonyl (C=O) groups is 1. The Kier molecular flexibility index (Phi) is 6.27. The molecule has 1 aromatic heterocycles. The number of aromatic nitrogens is 1. The number of anilines is 3. The number of nitrogens with one attached hydrogen (secondary N) is 2. The van der Waals surface area contributed by atoms with Gasteiger partial charge in [0.25, 0.3) is 5.91 Å². The summed E-state index contributed by atoms with van der Waals surface area (Å²) in [4.78, 5) is 17.1. The third kappa shape index (κ3) is 4.49. The van der Waals surface area contributed by atoms with E-state index in [-0.39, 0.29) is 5.91 Å². The highest BCUT2D eigenvalue weighted by Gasteiger charge is 2.12. The molecule has 0 aliphatic heterocycles. The fourth-order valence-electron chi connectivity index (χ4n) is 3.06. The zero-order valence-electron chi connectivity index (χ0n) is 16.5. The van der Waals surface area contributed by atoms with Crippen LogP contribution in [0.3, 0.4) is 0 Å². The number of ether oxygens (including phenoxy) is 1. The molecule has 5 nitrogen and oxygen atoms in total. The first kappa shape index (κ1) is 19.4. The van der Waals surface area contributed by atoms with Gasteiger partial charge in [0.15, 0.2) is 0 Å². The number of hydrogen-bond donors (Lipinski definition) is 2. The third-order valence-corrected chi connectivity index (χ3v) is 4.62. The number of hydrogen-bond acceptors (Lipinski definition) is 4. The molecule has 28 heavy (non-hydrogen) atoms. The second-order valence-corrected chi connectivity index (χ2v) is 6.43. The van der Waals surface area contributed by atoms with Gasteiger partial charge in [-0.25, -0.2) is 0 Å². The monoisotopic (exact) mass is 375 g/mol. The highest BCUT2D eigenvalue weighted by molar-refractivity contribution is 6.05. The normalized spacial score (nSPS) is 10.4. The molecule has 0 saturated carbocycles. The first-order valence-electron chi connectivity index (χ1n) is 9.42. The molecule has 2 N–H and O–H groups in total. The van der Waals surface area contributed by atoms with E-state index >= 15 is 0 Å². The summed E-state index contributed by atoms with van der Waals surface area (Å²) in [5, 5.41) is 6.34. The van der Waals surface area contributed by atoms with Crippen molar-refractivity contribution in [1.82, 2.24) is 4.98 Å². The molecule has 2 aromatic carbocycles. The van der Waals surface area contributed by atoms with E-state index in [0.29, 0.717) is 5.56 Å². The molecule has 3 aromatic rings. The van der Waals surface area contributed by atoms with E-state index in [0.717, 1.165) is 46.8 Å². The molecule has 0 saturated heterocycles. The summed E-state index contributed by atoms with van der Waals surface area (Å²) in [7, 11) is 1.63. The van der Waals surface area contributed by atoms with Crippen molar-refractivity contribution in [2.75, 3.05) is 17.7 Å². The summed E-state index contributed by atoms with van der Waals surface area (Å²) < 4.78 is 5.17. The van der Waals surface area contributed by atoms with Crippen LogP contribution in [0.15, 0.2) is 60.9 Å². The van der Waals surface area contributed by atoms with E-state index in [2.05, 4.69) is 41.6 Å². The minimum atomic E-state index is -0.165. The van der Waals surface area contributed by atoms with Crippen LogP contribution in [0, 0.1) is 0 Å². The van der Waals surface area contributed by atoms with Gasteiger partial charge in [0.2, 0.25) is 0 Å². The predicted molar refractivity (Wildman–Crippen MR) is 114 cm³/mol. The van der Waals surface area contributed by atoms with Gasteiger partial charge in [-0.2, -0.15) is 0 Å². The molecule has 0 atom stereocenters. The first-order chi connectivity index (χ1) is 13.6. The summed E-state index contributed by atoms with van der Waals surface area (Å²) in [6.45, 7) is 4.18. The Morgan fingerprint density at radius 3 is 2.25 bits per heavy atom. The van der Waals surface area contributed by atoms with Crippen LogP contribution in [-0.4, -0.2) is 18.0 Å². The molecule has 0 aliphatic rings. The number of benzene rings is 2. The average molecular weight is 375 g/mol. The zero-order valence-corrected chi connectivity index (χ0v) is 16.5. The average Bonchev–Trinajstić information content (AvgIpc) is 2.74. The molecule has 5 heteroatoms. The second-order valence-electron chi connectivity index (χ2n) is 6.43. The van der Waals surface area contributed by atoms with Crippen molar-refractivity contribution in [2.45, 2.75) is 26.7 Å². The molecule has 0 aliphatic carbocycles. The standard InChI is InChI=1S/C23H25N3O2/c1-4-16-7-6-8-17(5-2)22(16)26-23(27)18-13-20(15-24-14-18)25-19-9-11-21(28-3)12-10-19/h6-15,25H,4-5H2,1-3H3,(H,26,27). The van der Waals surface area contributed by atoms with Crippen LogP contribution in [0.2, 0.25) is 0 Å². The Labute approximate surface area is 165 Å². The number of para-hydroxylation sites is 1. The van der Waals surface area contributed by atoms with Crippen LogP contribution < -0.4 is 15.4 Å². The Balaban J connectivity index is 1.79. The molecule has 0 unspecified atom stereocenters. The molecule has 0 spiro atoms. The molecule has 1 amide bonds. The minimum Gasteiger partial charge on any atom is -0.497 e. The van der Waals surface area contributed by atoms with Crippen molar-refractivity contribution < 1.29 is 9.53 Å². The van der Waals surface area contributed by atoms with Gasteiger partial charge >= 0.3 is 0 Å². The number of methoxy groups -OCH3 is 1. The highest BCUT2D eigenvalue weighted by atomic mass is 16.5. The van der Waals surface area contributed by atoms with Gasteiger partial charge in [-0.05, 0) is 54.3 Å². The van der Waals surface area contributed by atoms with Gasteiger partial charge < -0.3 is 15.4 Å². The first-order valence-corrected chi connectivity index (χ1v) is 9.42. The largest absolute Gasteiger partial charge is 0.497 e. The lowest BCUT2D eigenvalue weighted by Gasteiger charge is -2.15. The maximum Gasteiger partial charge on any atom is 0.257 e. The van der Waals surface area contributed by atoms with Gasteiger partial charge in [0.05, 0.1) is 24.6 Å². The lowest BCUT2D eigenvalue weighted by Crippen LogP contribution is -2.15. The third-order valence-electron chi connectivity index (χ3n) is 4.62. The lowest BCUT2D eigenvalue weighted by molar-refractivity contribution is 0.102. The van der Waals surface area contributed by atoms with Crippen molar-refractivity contribution in [2.24, 2.45) is 0 Å². The number of pyridine rings is 1. The highest BCUT2D eigenvalue weighted by Crippen LogP contribution is 2.24. The van der Waals surface area contributed by atoms with Gasteiger partial charge in [0.1, 0.15) is 5.75 Å². The Morgan fingerprint density at radius 2 is 1.64 bits per heavy atom. The number of aryl methyl sites for hydroxylation is 2. The number of rotatable bonds is 7. The topological polar surface area (TPSA) is 63.2 Å². The molecule has 0 radical (unpaired) electrons. The van der Waals surface area contributed by atoms with Crippen LogP contribution in [-0.2, 0) is 12.8 Å². The van der Waals surface area contributed by atoms with Gasteiger partial charge in [0, 0.05) is 17.6 Å². The minimum absolute atomic E-state index is 0.165. The summed E-state index contributed by atoms with van der Waals surface area (Å²) in [6, 6.07) is 15.5. The van der Waals surface area contributed by atoms with Gasteiger partial charge in [-0.3, -0.25) is 9.78 Å². The fourth-order valence-corrected chi connectivity index (χ4v) is 3.06. The van der Waals surface area contributed by atoms with E-state index in [4.69, 9.17) is 4.74 Å². The Morgan fingerprint density at radius 1 is 0.964 bits per heavy atom. The molecule has 0 fully saturated rings. The maximum absolute atomic E-state index is 12.8. The summed E-state index contributed by atoms with van der Waals surface area (Å²) in [5.41, 5.74) is 5.32. The number of nitrogens with zero attached hydrogens (tertiary/aromatic N) is 1. The number of carbonyl (C=O) groups excluding carboxylic acids is 1. The summed E-state index contributed by atoms with van der Waals surface area (Å²) in [6.07, 6.45) is 4.99. The maximum atomic E-state index is 12.8. The zero-order chi connectivity index (χ0) is 19.9. The Bertz CT molecular complexity index is 930. The molecular formula is C23H25N3O2. The molecular weight excluding hydrogens is 350 g/mol. The van der Waals surface area contributed by atoms with Gasteiger partial charge in [-0.1, -0.05) is 32.0 Å². The lowest BCUT2D eigenvalue weighted by atomic mass is 10.0. The SMILES string of the molecule is CCc1cccc(CC)c1NC(=O)c1cncc(Nc2ccc(OC)cc2)c1. The fraction of sp³-hybridized carbons (Fsp3) is 0.217. The van der Waals surface area contributed by atoms with Crippen LogP contribution in [0.5, 0.6) is 5.75 Å². The van der Waals surface area contributed by atoms with Crippen LogP contribution >= 0.6 is 0 Å². The molecule has 1 heterocycles. The predicted octanol–water partition coefficient (Wildman–Crippen LogP) is 5.21. The van der Waals surface area contributed by atoms with E-state index in [9.17, 15) is 4.79 Å². The summed E-state index contributed by atoms with van der Waals surface area (Å²) in [5.74, 6) is 0.625. The van der Waals surface area contributed by atoms with E-state index in [1.165, 1.54) is 0 Å². The smallest absolute Gasteiger partial charge is 0.257 e. The number of amides is 1. The summed E-state index contributed by atoms with van der Waals surface area (Å²) >= 11 is 0. The quantitative estimate of drug-likeness (QED) is 0.595. The molecule has 0 bridgehead atoms. The van der Waals surface area contributed by atoms with Crippen molar-refractivity contribution in [3.63, 3.8) is 0 Å². The van der Waals surface area contributed by atoms with E-state index < -0.39 is 0 Å². The Hall–Kier alpha value is -3.34. The van der Waals surface area contributed by atoms with Crippen molar-refractivity contribution in [3.05, 3.63) is 77.6 Å². The second kappa shape index (κ2) is 9.04. The van der Waals surface area contributed by atoms with Crippen molar-refractivity contribution >= 4 is 23.0 Å². The molecule has 144 valence electrons. The van der Waals surface area contributed by atoms with E-state index in [1.807, 2.05) is 30.3 Å². The van der Waals surface area contributed by atoms with Crippen LogP contribution in [0.1, 0.15) is 35.3 Å². The van der Waals surface area contributed by atoms with E-state index in [1.54, 1.807) is 25.6 Å². The van der Waals surface area contributed by atoms with Crippen LogP contribution in [0.4, 0.5) is 17.1 Å². The van der Waals surface area contributed by atoms with Crippen molar-refractivity contribution in [3.8, 4) is 5.75 Å². The molecule has 3 rings (SSSR count). The van der Waals surface area contributed by atoms with Crippen molar-refractivity contribution in [1.29, 1.82) is 0 Å². The van der Waals surface area contributed by atoms with Gasteiger partial charge in [-0.15, -0.1) is 0 Å².